The highest BCUT2D eigenvalue weighted by molar-refractivity contribution is 5.72. The third-order valence-electron chi connectivity index (χ3n) is 4.14. The minimum Gasteiger partial charge on any atom is -0.481 e. The molecule has 1 fully saturated rings. The molecule has 0 amide bonds. The van der Waals surface area contributed by atoms with Crippen LogP contribution in [-0.2, 0) is 4.79 Å². The van der Waals surface area contributed by atoms with E-state index < -0.39 is 30.5 Å². The Kier molecular flexibility index (Phi) is 4.32. The second-order valence-electron chi connectivity index (χ2n) is 5.93. The minimum absolute atomic E-state index is 0.248. The maximum atomic E-state index is 13.2. The van der Waals surface area contributed by atoms with Crippen LogP contribution >= 0.6 is 0 Å². The van der Waals surface area contributed by atoms with E-state index in [1.165, 1.54) is 4.90 Å². The van der Waals surface area contributed by atoms with Gasteiger partial charge in [-0.2, -0.15) is 13.2 Å². The lowest BCUT2D eigenvalue weighted by atomic mass is 9.96. The van der Waals surface area contributed by atoms with E-state index >= 15 is 0 Å². The van der Waals surface area contributed by atoms with Gasteiger partial charge < -0.3 is 10.0 Å². The molecule has 6 nitrogen and oxygen atoms in total. The fraction of sp³-hybridized carbons (Fsp3) is 0.375. The van der Waals surface area contributed by atoms with Gasteiger partial charge in [-0.1, -0.05) is 0 Å². The molecule has 0 aromatic carbocycles. The summed E-state index contributed by atoms with van der Waals surface area (Å²) in [6.45, 7) is 1.02. The Morgan fingerprint density at radius 2 is 2.08 bits per heavy atom. The molecule has 0 aliphatic carbocycles. The van der Waals surface area contributed by atoms with Gasteiger partial charge in [0.15, 0.2) is 5.82 Å². The molecule has 0 saturated carbocycles. The summed E-state index contributed by atoms with van der Waals surface area (Å²) in [4.78, 5) is 25.1. The van der Waals surface area contributed by atoms with Crippen molar-refractivity contribution in [3.05, 3.63) is 36.3 Å². The maximum absolute atomic E-state index is 13.2. The van der Waals surface area contributed by atoms with Gasteiger partial charge in [0.2, 0.25) is 0 Å². The van der Waals surface area contributed by atoms with E-state index in [-0.39, 0.29) is 12.4 Å². The molecular formula is C16H15F3N4O2. The van der Waals surface area contributed by atoms with Gasteiger partial charge in [0.1, 0.15) is 5.82 Å². The first-order valence-corrected chi connectivity index (χ1v) is 7.56. The van der Waals surface area contributed by atoms with E-state index in [0.29, 0.717) is 17.1 Å². The molecule has 9 heteroatoms. The van der Waals surface area contributed by atoms with Gasteiger partial charge in [-0.3, -0.25) is 9.78 Å². The Labute approximate surface area is 141 Å². The van der Waals surface area contributed by atoms with Crippen molar-refractivity contribution in [2.24, 2.45) is 11.8 Å². The van der Waals surface area contributed by atoms with Crippen molar-refractivity contribution in [1.29, 1.82) is 0 Å². The first kappa shape index (κ1) is 17.1. The highest BCUT2D eigenvalue weighted by Crippen LogP contribution is 2.39. The normalized spacial score (nSPS) is 20.7. The van der Waals surface area contributed by atoms with Gasteiger partial charge in [0.25, 0.3) is 0 Å². The highest BCUT2D eigenvalue weighted by atomic mass is 19.4. The minimum atomic E-state index is -4.58. The SMILES string of the molecule is Cc1cc(N2C[C@@H](C(F)(F)F)[C@H](C(=O)O)C2)nc(-c2cccnc2)n1. The van der Waals surface area contributed by atoms with Crippen molar-refractivity contribution in [3.8, 4) is 11.4 Å². The molecule has 3 rings (SSSR count). The van der Waals surface area contributed by atoms with Crippen molar-refractivity contribution in [2.45, 2.75) is 13.1 Å². The fourth-order valence-electron chi connectivity index (χ4n) is 2.91. The molecule has 0 unspecified atom stereocenters. The largest absolute Gasteiger partial charge is 0.481 e. The standard InChI is InChI=1S/C16H15F3N4O2/c1-9-5-13(22-14(21-9)10-3-2-4-20-6-10)23-7-11(15(24)25)12(8-23)16(17,18)19/h2-6,11-12H,7-8H2,1H3,(H,24,25)/t11-,12-/m1/s1. The van der Waals surface area contributed by atoms with Crippen LogP contribution in [0.4, 0.5) is 19.0 Å². The number of halogens is 3. The van der Waals surface area contributed by atoms with Crippen LogP contribution in [0.2, 0.25) is 0 Å². The Bertz CT molecular complexity index is 783. The van der Waals surface area contributed by atoms with Crippen LogP contribution in [0.5, 0.6) is 0 Å². The Hall–Kier alpha value is -2.71. The van der Waals surface area contributed by atoms with Crippen LogP contribution in [0.25, 0.3) is 11.4 Å². The Balaban J connectivity index is 1.95. The molecule has 3 heterocycles. The van der Waals surface area contributed by atoms with Crippen LogP contribution < -0.4 is 4.90 Å². The smallest absolute Gasteiger partial charge is 0.394 e. The van der Waals surface area contributed by atoms with E-state index in [1.54, 1.807) is 37.5 Å². The van der Waals surface area contributed by atoms with Gasteiger partial charge in [0.05, 0.1) is 11.8 Å². The molecule has 2 aromatic rings. The van der Waals surface area contributed by atoms with Crippen molar-refractivity contribution in [2.75, 3.05) is 18.0 Å². The number of carboxylic acid groups (broad SMARTS) is 1. The number of rotatable bonds is 3. The quantitative estimate of drug-likeness (QED) is 0.915. The van der Waals surface area contributed by atoms with E-state index in [2.05, 4.69) is 15.0 Å². The number of nitrogens with zero attached hydrogens (tertiary/aromatic N) is 4. The van der Waals surface area contributed by atoms with Crippen molar-refractivity contribution in [3.63, 3.8) is 0 Å². The number of carbonyl (C=O) groups is 1. The summed E-state index contributed by atoms with van der Waals surface area (Å²) in [6, 6.07) is 5.00. The van der Waals surface area contributed by atoms with E-state index in [0.717, 1.165) is 0 Å². The zero-order chi connectivity index (χ0) is 18.2. The fourth-order valence-corrected chi connectivity index (χ4v) is 2.91. The summed E-state index contributed by atoms with van der Waals surface area (Å²) in [5, 5.41) is 9.13. The average molecular weight is 352 g/mol. The van der Waals surface area contributed by atoms with Crippen LogP contribution in [0.15, 0.2) is 30.6 Å². The predicted molar refractivity (Wildman–Crippen MR) is 82.9 cm³/mol. The number of aromatic nitrogens is 3. The molecule has 1 N–H and O–H groups in total. The first-order valence-electron chi connectivity index (χ1n) is 7.56. The molecule has 1 aliphatic rings. The monoisotopic (exact) mass is 352 g/mol. The molecule has 2 aromatic heterocycles. The topological polar surface area (TPSA) is 79.2 Å². The molecule has 132 valence electrons. The lowest BCUT2D eigenvalue weighted by molar-refractivity contribution is -0.187. The van der Waals surface area contributed by atoms with Crippen LogP contribution in [0.3, 0.4) is 0 Å². The number of hydrogen-bond acceptors (Lipinski definition) is 5. The Morgan fingerprint density at radius 1 is 1.32 bits per heavy atom. The molecule has 0 radical (unpaired) electrons. The molecule has 0 spiro atoms. The van der Waals surface area contributed by atoms with Gasteiger partial charge in [-0.15, -0.1) is 0 Å². The van der Waals surface area contributed by atoms with E-state index in [9.17, 15) is 18.0 Å². The predicted octanol–water partition coefficient (Wildman–Crippen LogP) is 2.55. The third kappa shape index (κ3) is 3.54. The number of carboxylic acids is 1. The third-order valence-corrected chi connectivity index (χ3v) is 4.14. The van der Waals surface area contributed by atoms with Gasteiger partial charge in [0, 0.05) is 42.8 Å². The molecule has 2 atom stereocenters. The maximum Gasteiger partial charge on any atom is 0.394 e. The van der Waals surface area contributed by atoms with E-state index in [1.807, 2.05) is 0 Å². The summed E-state index contributed by atoms with van der Waals surface area (Å²) in [5.41, 5.74) is 1.21. The molecule has 25 heavy (non-hydrogen) atoms. The molecule has 1 aliphatic heterocycles. The van der Waals surface area contributed by atoms with E-state index in [4.69, 9.17) is 5.11 Å². The zero-order valence-electron chi connectivity index (χ0n) is 13.2. The number of aryl methyl sites for hydroxylation is 1. The van der Waals surface area contributed by atoms with Gasteiger partial charge >= 0.3 is 12.1 Å². The van der Waals surface area contributed by atoms with Gasteiger partial charge in [-0.05, 0) is 19.1 Å². The number of alkyl halides is 3. The van der Waals surface area contributed by atoms with Crippen molar-refractivity contribution < 1.29 is 23.1 Å². The summed E-state index contributed by atoms with van der Waals surface area (Å²) in [6.07, 6.45) is -1.43. The van der Waals surface area contributed by atoms with Crippen LogP contribution in [0.1, 0.15) is 5.69 Å². The van der Waals surface area contributed by atoms with Gasteiger partial charge in [-0.25, -0.2) is 9.97 Å². The number of anilines is 1. The lowest BCUT2D eigenvalue weighted by Crippen LogP contribution is -2.33. The van der Waals surface area contributed by atoms with Crippen molar-refractivity contribution >= 4 is 11.8 Å². The summed E-state index contributed by atoms with van der Waals surface area (Å²) in [5.74, 6) is -4.28. The van der Waals surface area contributed by atoms with Crippen LogP contribution in [-0.4, -0.2) is 45.3 Å². The number of aliphatic carboxylic acids is 1. The van der Waals surface area contributed by atoms with Crippen LogP contribution in [0, 0.1) is 18.8 Å². The molecule has 0 bridgehead atoms. The average Bonchev–Trinajstić information content (AvgIpc) is 3.01. The number of hydrogen-bond donors (Lipinski definition) is 1. The second kappa shape index (κ2) is 6.30. The lowest BCUT2D eigenvalue weighted by Gasteiger charge is -2.19. The number of pyridine rings is 1. The highest BCUT2D eigenvalue weighted by Gasteiger charge is 2.52. The second-order valence-corrected chi connectivity index (χ2v) is 5.93. The first-order chi connectivity index (χ1) is 11.8. The van der Waals surface area contributed by atoms with Crippen molar-refractivity contribution in [1.82, 2.24) is 15.0 Å². The summed E-state index contributed by atoms with van der Waals surface area (Å²) < 4.78 is 39.5. The summed E-state index contributed by atoms with van der Waals surface area (Å²) in [7, 11) is 0. The zero-order valence-corrected chi connectivity index (χ0v) is 13.2. The summed E-state index contributed by atoms with van der Waals surface area (Å²) >= 11 is 0. The molecule has 1 saturated heterocycles. The molecular weight excluding hydrogens is 337 g/mol. The Morgan fingerprint density at radius 3 is 2.64 bits per heavy atom.